The van der Waals surface area contributed by atoms with Crippen LogP contribution in [0.5, 0.6) is 0 Å². The zero-order valence-corrected chi connectivity index (χ0v) is 31.6. The molecule has 0 radical (unpaired) electrons. The van der Waals surface area contributed by atoms with Crippen molar-refractivity contribution in [3.05, 3.63) is 193 Å². The minimum absolute atomic E-state index is 0.0461. The number of anilines is 3. The number of rotatable bonds is 4. The van der Waals surface area contributed by atoms with Crippen LogP contribution in [0.25, 0.3) is 83.0 Å². The van der Waals surface area contributed by atoms with Crippen LogP contribution >= 0.6 is 0 Å². The van der Waals surface area contributed by atoms with Gasteiger partial charge in [-0.3, -0.25) is 9.47 Å². The molecule has 0 unspecified atom stereocenters. The maximum Gasteiger partial charge on any atom is 0.138 e. The van der Waals surface area contributed by atoms with Crippen LogP contribution in [0.2, 0.25) is 0 Å². The van der Waals surface area contributed by atoms with Gasteiger partial charge in [0.2, 0.25) is 0 Å². The van der Waals surface area contributed by atoms with Crippen LogP contribution in [0.1, 0.15) is 25.0 Å². The van der Waals surface area contributed by atoms with Crippen LogP contribution in [0, 0.1) is 0 Å². The molecule has 4 nitrogen and oxygen atoms in total. The summed E-state index contributed by atoms with van der Waals surface area (Å²) >= 11 is 0. The SMILES string of the molecule is CC1(C)c2ccccc2-c2cc(-c3cccc(N4c5cc6c(cc5-c5cccc7cccc4c57)c4cc(-c5ccccc5)ccc4n6-c4ccccn4)n3)ccc21. The minimum atomic E-state index is -0.0461. The van der Waals surface area contributed by atoms with E-state index in [4.69, 9.17) is 9.97 Å². The first-order valence-corrected chi connectivity index (χ1v) is 19.7. The molecule has 1 aliphatic carbocycles. The van der Waals surface area contributed by atoms with Crippen molar-refractivity contribution < 1.29 is 0 Å². The lowest BCUT2D eigenvalue weighted by atomic mass is 9.82. The monoisotopic (exact) mass is 728 g/mol. The van der Waals surface area contributed by atoms with Crippen molar-refractivity contribution in [1.29, 1.82) is 0 Å². The summed E-state index contributed by atoms with van der Waals surface area (Å²) in [5.41, 5.74) is 16.6. The molecule has 0 atom stereocenters. The predicted molar refractivity (Wildman–Crippen MR) is 236 cm³/mol. The fourth-order valence-corrected chi connectivity index (χ4v) is 9.69. The number of hydrogen-bond donors (Lipinski definition) is 0. The Labute approximate surface area is 331 Å². The van der Waals surface area contributed by atoms with Crippen LogP contribution in [-0.2, 0) is 5.41 Å². The average molecular weight is 729 g/mol. The van der Waals surface area contributed by atoms with E-state index in [-0.39, 0.29) is 5.41 Å². The summed E-state index contributed by atoms with van der Waals surface area (Å²) in [5.74, 6) is 1.76. The molecule has 12 rings (SSSR count). The molecular weight excluding hydrogens is 693 g/mol. The fraction of sp³-hybridized carbons (Fsp3) is 0.0566. The van der Waals surface area contributed by atoms with E-state index < -0.39 is 0 Å². The second-order valence-electron chi connectivity index (χ2n) is 15.8. The maximum atomic E-state index is 5.50. The number of nitrogens with zero attached hydrogens (tertiary/aromatic N) is 4. The predicted octanol–water partition coefficient (Wildman–Crippen LogP) is 13.8. The van der Waals surface area contributed by atoms with Gasteiger partial charge in [-0.2, -0.15) is 0 Å². The number of hydrogen-bond acceptors (Lipinski definition) is 3. The van der Waals surface area contributed by atoms with Crippen molar-refractivity contribution in [2.75, 3.05) is 4.90 Å². The topological polar surface area (TPSA) is 34.0 Å². The molecule has 0 fully saturated rings. The van der Waals surface area contributed by atoms with Gasteiger partial charge in [0, 0.05) is 38.9 Å². The number of benzene rings is 7. The van der Waals surface area contributed by atoms with E-state index in [1.807, 2.05) is 12.3 Å². The highest BCUT2D eigenvalue weighted by molar-refractivity contribution is 6.19. The van der Waals surface area contributed by atoms with Crippen LogP contribution in [0.4, 0.5) is 17.2 Å². The van der Waals surface area contributed by atoms with E-state index in [9.17, 15) is 0 Å². The van der Waals surface area contributed by atoms with Crippen molar-refractivity contribution in [1.82, 2.24) is 14.5 Å². The van der Waals surface area contributed by atoms with E-state index >= 15 is 0 Å². The smallest absolute Gasteiger partial charge is 0.138 e. The highest BCUT2D eigenvalue weighted by Crippen LogP contribution is 2.53. The third-order valence-corrected chi connectivity index (χ3v) is 12.4. The Morgan fingerprint density at radius 3 is 2.07 bits per heavy atom. The molecule has 57 heavy (non-hydrogen) atoms. The second kappa shape index (κ2) is 11.8. The van der Waals surface area contributed by atoms with Crippen molar-refractivity contribution in [2.45, 2.75) is 19.3 Å². The molecule has 1 aliphatic heterocycles. The normalized spacial score (nSPS) is 13.5. The molecule has 4 heteroatoms. The molecule has 0 bridgehead atoms. The van der Waals surface area contributed by atoms with Crippen LogP contribution in [-0.4, -0.2) is 14.5 Å². The second-order valence-corrected chi connectivity index (χ2v) is 15.8. The summed E-state index contributed by atoms with van der Waals surface area (Å²) in [6.45, 7) is 4.66. The highest BCUT2D eigenvalue weighted by atomic mass is 15.2. The Balaban J connectivity index is 1.11. The number of fused-ring (bicyclic) bond motifs is 8. The molecule has 0 saturated carbocycles. The zero-order valence-electron chi connectivity index (χ0n) is 31.6. The quantitative estimate of drug-likeness (QED) is 0.181. The van der Waals surface area contributed by atoms with Gasteiger partial charge in [0.15, 0.2) is 0 Å². The highest BCUT2D eigenvalue weighted by Gasteiger charge is 2.35. The maximum absolute atomic E-state index is 5.50. The van der Waals surface area contributed by atoms with E-state index in [0.717, 1.165) is 45.3 Å². The Morgan fingerprint density at radius 2 is 1.19 bits per heavy atom. The Hall–Kier alpha value is -7.30. The van der Waals surface area contributed by atoms with E-state index in [1.165, 1.54) is 66.1 Å². The van der Waals surface area contributed by atoms with Crippen LogP contribution in [0.15, 0.2) is 182 Å². The van der Waals surface area contributed by atoms with Crippen molar-refractivity contribution in [2.24, 2.45) is 0 Å². The molecule has 0 saturated heterocycles. The van der Waals surface area contributed by atoms with Gasteiger partial charge >= 0.3 is 0 Å². The van der Waals surface area contributed by atoms with Gasteiger partial charge in [0.05, 0.1) is 28.1 Å². The lowest BCUT2D eigenvalue weighted by Crippen LogP contribution is -2.16. The lowest BCUT2D eigenvalue weighted by Gasteiger charge is -2.33. The largest absolute Gasteiger partial charge is 0.294 e. The Morgan fingerprint density at radius 1 is 0.456 bits per heavy atom. The molecule has 2 aliphatic rings. The van der Waals surface area contributed by atoms with Crippen molar-refractivity contribution in [3.63, 3.8) is 0 Å². The third-order valence-electron chi connectivity index (χ3n) is 12.4. The van der Waals surface area contributed by atoms with Crippen LogP contribution < -0.4 is 4.90 Å². The zero-order chi connectivity index (χ0) is 37.8. The lowest BCUT2D eigenvalue weighted by molar-refractivity contribution is 0.660. The summed E-state index contributed by atoms with van der Waals surface area (Å²) in [5, 5.41) is 4.82. The van der Waals surface area contributed by atoms with Gasteiger partial charge in [0.1, 0.15) is 11.6 Å². The van der Waals surface area contributed by atoms with Gasteiger partial charge in [-0.1, -0.05) is 129 Å². The van der Waals surface area contributed by atoms with Gasteiger partial charge < -0.3 is 0 Å². The molecule has 0 spiro atoms. The number of aromatic nitrogens is 3. The Kier molecular flexibility index (Phi) is 6.65. The Bertz CT molecular complexity index is 3260. The average Bonchev–Trinajstić information content (AvgIpc) is 3.70. The summed E-state index contributed by atoms with van der Waals surface area (Å²) in [4.78, 5) is 12.8. The third kappa shape index (κ3) is 4.62. The molecular formula is C53H36N4. The first-order valence-electron chi connectivity index (χ1n) is 19.7. The molecule has 0 amide bonds. The van der Waals surface area contributed by atoms with Crippen LogP contribution in [0.3, 0.4) is 0 Å². The number of pyridine rings is 2. The van der Waals surface area contributed by atoms with E-state index in [2.05, 4.69) is 193 Å². The molecule has 4 heterocycles. The molecule has 3 aromatic heterocycles. The minimum Gasteiger partial charge on any atom is -0.294 e. The molecule has 7 aromatic carbocycles. The molecule has 0 N–H and O–H groups in total. The molecule has 268 valence electrons. The van der Waals surface area contributed by atoms with Gasteiger partial charge in [-0.25, -0.2) is 9.97 Å². The first-order chi connectivity index (χ1) is 28.0. The van der Waals surface area contributed by atoms with Crippen molar-refractivity contribution >= 4 is 49.8 Å². The first kappa shape index (κ1) is 32.0. The summed E-state index contributed by atoms with van der Waals surface area (Å²) in [6.07, 6.45) is 1.88. The summed E-state index contributed by atoms with van der Waals surface area (Å²) < 4.78 is 2.31. The fourth-order valence-electron chi connectivity index (χ4n) is 9.69. The van der Waals surface area contributed by atoms with Gasteiger partial charge in [-0.15, -0.1) is 0 Å². The summed E-state index contributed by atoms with van der Waals surface area (Å²) in [6, 6.07) is 63.8. The van der Waals surface area contributed by atoms with E-state index in [1.54, 1.807) is 0 Å². The van der Waals surface area contributed by atoms with Crippen molar-refractivity contribution in [3.8, 4) is 50.5 Å². The van der Waals surface area contributed by atoms with E-state index in [0.29, 0.717) is 0 Å². The molecule has 10 aromatic rings. The van der Waals surface area contributed by atoms with Gasteiger partial charge in [-0.05, 0) is 105 Å². The summed E-state index contributed by atoms with van der Waals surface area (Å²) in [7, 11) is 0. The standard InChI is InChI=1S/C53H36N4/c1-53(2)43-19-7-6-17-37(43)39-30-36(24-26-44(39)53)45-20-12-23-51(55-45)57-47-21-11-16-34-15-10-18-38(52(34)47)41-31-42-40-29-35(33-13-4-3-5-14-33)25-27-46(40)56(49(42)32-48(41)57)50-22-8-9-28-54-50/h3-32H,1-2H3. The van der Waals surface area contributed by atoms with Gasteiger partial charge in [0.25, 0.3) is 0 Å².